The van der Waals surface area contributed by atoms with Crippen LogP contribution in [0.3, 0.4) is 0 Å². The Balaban J connectivity index is 2.40. The van der Waals surface area contributed by atoms with Gasteiger partial charge in [0.1, 0.15) is 5.60 Å². The maximum absolute atomic E-state index is 13.8. The van der Waals surface area contributed by atoms with Crippen molar-refractivity contribution in [3.63, 3.8) is 0 Å². The number of amides is 2. The van der Waals surface area contributed by atoms with Gasteiger partial charge in [0.15, 0.2) is 8.32 Å². The number of ether oxygens (including phenoxy) is 2. The number of carbonyl (C=O) groups excluding carboxylic acids is 3. The number of imide groups is 1. The molecule has 10 nitrogen and oxygen atoms in total. The maximum Gasteiger partial charge on any atom is 0.421 e. The molecule has 0 aromatic heterocycles. The lowest BCUT2D eigenvalue weighted by Gasteiger charge is -2.28. The molecule has 1 fully saturated rings. The van der Waals surface area contributed by atoms with Crippen LogP contribution in [0.25, 0.3) is 0 Å². The van der Waals surface area contributed by atoms with Crippen molar-refractivity contribution in [2.75, 3.05) is 18.1 Å². The van der Waals surface area contributed by atoms with E-state index < -0.39 is 54.6 Å². The molecule has 0 heterocycles. The minimum Gasteiger partial charge on any atom is -0.466 e. The topological polar surface area (TPSA) is 125 Å². The summed E-state index contributed by atoms with van der Waals surface area (Å²) in [7, 11) is -1.98. The van der Waals surface area contributed by atoms with Crippen molar-refractivity contribution in [2.45, 2.75) is 72.2 Å². The van der Waals surface area contributed by atoms with Crippen molar-refractivity contribution in [2.24, 2.45) is 17.8 Å². The summed E-state index contributed by atoms with van der Waals surface area (Å²) >= 11 is 0. The van der Waals surface area contributed by atoms with Gasteiger partial charge in [-0.15, -0.1) is 0 Å². The lowest BCUT2D eigenvalue weighted by atomic mass is 10.2. The number of nitro benzene ring substituents is 1. The number of anilines is 1. The molecule has 1 aliphatic carbocycles. The van der Waals surface area contributed by atoms with Crippen LogP contribution in [0, 0.1) is 27.9 Å². The molecule has 0 saturated heterocycles. The van der Waals surface area contributed by atoms with Crippen LogP contribution in [0.15, 0.2) is 24.3 Å². The summed E-state index contributed by atoms with van der Waals surface area (Å²) in [6.45, 7) is 13.4. The van der Waals surface area contributed by atoms with Crippen LogP contribution in [0.1, 0.15) is 48.5 Å². The number of nitro groups is 1. The number of esters is 1. The molecule has 0 radical (unpaired) electrons. The molecule has 3 atom stereocenters. The van der Waals surface area contributed by atoms with Crippen molar-refractivity contribution in [3.05, 3.63) is 34.4 Å². The van der Waals surface area contributed by atoms with Crippen LogP contribution in [0.5, 0.6) is 0 Å². The summed E-state index contributed by atoms with van der Waals surface area (Å²) in [5.41, 5.74) is -0.955. The molecule has 200 valence electrons. The third-order valence-electron chi connectivity index (χ3n) is 6.64. The van der Waals surface area contributed by atoms with Crippen LogP contribution in [-0.4, -0.2) is 50.0 Å². The van der Waals surface area contributed by atoms with E-state index in [-0.39, 0.29) is 24.6 Å². The fraction of sp³-hybridized carbons (Fsp3) is 0.640. The highest BCUT2D eigenvalue weighted by Gasteiger charge is 2.62. The molecule has 1 aromatic rings. The van der Waals surface area contributed by atoms with Gasteiger partial charge in [0.05, 0.1) is 29.1 Å². The zero-order valence-corrected chi connectivity index (χ0v) is 23.2. The summed E-state index contributed by atoms with van der Waals surface area (Å²) < 4.78 is 17.1. The van der Waals surface area contributed by atoms with E-state index >= 15 is 0 Å². The van der Waals surface area contributed by atoms with Gasteiger partial charge >= 0.3 is 12.1 Å². The molecular weight excluding hydrogens is 484 g/mol. The van der Waals surface area contributed by atoms with E-state index in [9.17, 15) is 24.5 Å². The van der Waals surface area contributed by atoms with Crippen LogP contribution in [0.4, 0.5) is 16.2 Å². The predicted octanol–water partition coefficient (Wildman–Crippen LogP) is 5.31. The first kappa shape index (κ1) is 29.4. The number of rotatable bonds is 11. The third kappa shape index (κ3) is 6.91. The van der Waals surface area contributed by atoms with E-state index in [1.165, 1.54) is 24.3 Å². The molecule has 0 aliphatic heterocycles. The minimum absolute atomic E-state index is 0.119. The molecule has 0 N–H and O–H groups in total. The summed E-state index contributed by atoms with van der Waals surface area (Å²) in [6.07, 6.45) is -0.921. The highest BCUT2D eigenvalue weighted by atomic mass is 28.4. The Labute approximate surface area is 213 Å². The number of carbonyl (C=O) groups is 3. The maximum atomic E-state index is 13.8. The van der Waals surface area contributed by atoms with Crippen molar-refractivity contribution >= 4 is 37.7 Å². The number of hydrogen-bond acceptors (Lipinski definition) is 8. The average Bonchev–Trinajstić information content (AvgIpc) is 3.54. The monoisotopic (exact) mass is 522 g/mol. The standard InChI is InChI=1S/C25H38N2O8Si/c1-8-33-23(29)21-19(16-34-36(9-2,10-3)11-4)20(21)22(28)26(24(30)35-25(5,6)7)17-12-14-18(15-13-17)27(31)32/h12-15,19-21H,8-11,16H2,1-7H3/t19-,20+,21+/m1/s1. The van der Waals surface area contributed by atoms with Gasteiger partial charge < -0.3 is 13.9 Å². The zero-order valence-electron chi connectivity index (χ0n) is 22.2. The van der Waals surface area contributed by atoms with Crippen molar-refractivity contribution < 1.29 is 33.2 Å². The van der Waals surface area contributed by atoms with Gasteiger partial charge in [0.25, 0.3) is 5.69 Å². The smallest absolute Gasteiger partial charge is 0.421 e. The molecule has 0 unspecified atom stereocenters. The molecule has 36 heavy (non-hydrogen) atoms. The molecule has 11 heteroatoms. The summed E-state index contributed by atoms with van der Waals surface area (Å²) in [6, 6.07) is 7.81. The first-order valence-electron chi connectivity index (χ1n) is 12.5. The number of non-ortho nitro benzene ring substituents is 1. The van der Waals surface area contributed by atoms with E-state index in [0.717, 1.165) is 23.0 Å². The van der Waals surface area contributed by atoms with E-state index in [4.69, 9.17) is 13.9 Å². The molecule has 1 saturated carbocycles. The zero-order chi connectivity index (χ0) is 27.3. The largest absolute Gasteiger partial charge is 0.466 e. The quantitative estimate of drug-likeness (QED) is 0.166. The van der Waals surface area contributed by atoms with Crippen LogP contribution >= 0.6 is 0 Å². The number of benzene rings is 1. The van der Waals surface area contributed by atoms with E-state index in [1.807, 2.05) is 0 Å². The normalized spacial score (nSPS) is 19.4. The molecule has 0 spiro atoms. The summed E-state index contributed by atoms with van der Waals surface area (Å²) in [5, 5.41) is 11.1. The second-order valence-corrected chi connectivity index (χ2v) is 14.7. The Kier molecular flexibility index (Phi) is 9.78. The molecule has 1 aliphatic rings. The van der Waals surface area contributed by atoms with E-state index in [2.05, 4.69) is 20.8 Å². The van der Waals surface area contributed by atoms with Gasteiger partial charge in [-0.25, -0.2) is 9.69 Å². The van der Waals surface area contributed by atoms with E-state index in [0.29, 0.717) is 0 Å². The third-order valence-corrected chi connectivity index (χ3v) is 11.3. The Hall–Kier alpha value is -2.79. The Bertz CT molecular complexity index is 948. The van der Waals surface area contributed by atoms with E-state index in [1.54, 1.807) is 27.7 Å². The second kappa shape index (κ2) is 12.0. The number of nitrogens with zero attached hydrogens (tertiary/aromatic N) is 2. The lowest BCUT2D eigenvalue weighted by Crippen LogP contribution is -2.42. The van der Waals surface area contributed by atoms with Crippen LogP contribution in [-0.2, 0) is 23.5 Å². The highest BCUT2D eigenvalue weighted by Crippen LogP contribution is 2.50. The fourth-order valence-corrected chi connectivity index (χ4v) is 6.97. The molecule has 1 aromatic carbocycles. The predicted molar refractivity (Wildman–Crippen MR) is 137 cm³/mol. The molecular formula is C25H38N2O8Si. The Morgan fingerprint density at radius 2 is 1.56 bits per heavy atom. The second-order valence-electron chi connectivity index (χ2n) is 9.95. The summed E-state index contributed by atoms with van der Waals surface area (Å²) in [4.78, 5) is 51.0. The average molecular weight is 523 g/mol. The van der Waals surface area contributed by atoms with Gasteiger partial charge in [0, 0.05) is 24.7 Å². The summed E-state index contributed by atoms with van der Waals surface area (Å²) in [5.74, 6) is -3.13. The number of hydrogen-bond donors (Lipinski definition) is 0. The minimum atomic E-state index is -1.98. The molecule has 2 rings (SSSR count). The van der Waals surface area contributed by atoms with Gasteiger partial charge in [-0.2, -0.15) is 0 Å². The Morgan fingerprint density at radius 3 is 2.00 bits per heavy atom. The van der Waals surface area contributed by atoms with Gasteiger partial charge in [-0.3, -0.25) is 19.7 Å². The molecule has 2 amide bonds. The lowest BCUT2D eigenvalue weighted by molar-refractivity contribution is -0.384. The van der Waals surface area contributed by atoms with Gasteiger partial charge in [-0.1, -0.05) is 20.8 Å². The van der Waals surface area contributed by atoms with Gasteiger partial charge in [0.2, 0.25) is 5.91 Å². The van der Waals surface area contributed by atoms with Gasteiger partial charge in [-0.05, 0) is 58.0 Å². The van der Waals surface area contributed by atoms with Crippen LogP contribution < -0.4 is 4.90 Å². The Morgan fingerprint density at radius 1 is 1.00 bits per heavy atom. The SMILES string of the molecule is CCOC(=O)[C@H]1[C@H](CO[Si](CC)(CC)CC)[C@@H]1C(=O)N(C(=O)OC(C)(C)C)c1ccc([N+](=O)[O-])cc1. The first-order chi connectivity index (χ1) is 16.8. The highest BCUT2D eigenvalue weighted by molar-refractivity contribution is 6.73. The fourth-order valence-electron chi connectivity index (χ4n) is 4.31. The van der Waals surface area contributed by atoms with Crippen molar-refractivity contribution in [1.82, 2.24) is 0 Å². The molecule has 0 bridgehead atoms. The van der Waals surface area contributed by atoms with Crippen molar-refractivity contribution in [3.8, 4) is 0 Å². The van der Waals surface area contributed by atoms with Crippen LogP contribution in [0.2, 0.25) is 18.1 Å². The first-order valence-corrected chi connectivity index (χ1v) is 15.0. The van der Waals surface area contributed by atoms with Crippen molar-refractivity contribution in [1.29, 1.82) is 0 Å².